The van der Waals surface area contributed by atoms with Gasteiger partial charge in [0.05, 0.1) is 12.7 Å². The van der Waals surface area contributed by atoms with Crippen molar-refractivity contribution in [3.8, 4) is 0 Å². The van der Waals surface area contributed by atoms with Crippen molar-refractivity contribution >= 4 is 23.2 Å². The monoisotopic (exact) mass is 376 g/mol. The van der Waals surface area contributed by atoms with Gasteiger partial charge in [0.15, 0.2) is 13.1 Å². The minimum atomic E-state index is -0.717. The van der Waals surface area contributed by atoms with Gasteiger partial charge in [-0.25, -0.2) is 8.78 Å². The number of rotatable bonds is 6. The minimum absolute atomic E-state index is 0.0603. The zero-order valence-corrected chi connectivity index (χ0v) is 15.9. The Kier molecular flexibility index (Phi) is 6.63. The Hall–Kier alpha value is -2.80. The maximum absolute atomic E-state index is 13.6. The Bertz CT molecular complexity index is 845. The van der Waals surface area contributed by atoms with Crippen LogP contribution in [0.15, 0.2) is 30.3 Å². The number of benzene rings is 2. The van der Waals surface area contributed by atoms with E-state index >= 15 is 0 Å². The highest BCUT2D eigenvalue weighted by atomic mass is 19.1. The van der Waals surface area contributed by atoms with Gasteiger partial charge >= 0.3 is 0 Å². The zero-order valence-electron chi connectivity index (χ0n) is 15.9. The van der Waals surface area contributed by atoms with Crippen molar-refractivity contribution in [1.82, 2.24) is 0 Å². The lowest BCUT2D eigenvalue weighted by Gasteiger charge is -2.16. The summed E-state index contributed by atoms with van der Waals surface area (Å²) < 4.78 is 26.7. The molecule has 144 valence electrons. The lowest BCUT2D eigenvalue weighted by Crippen LogP contribution is -3.11. The highest BCUT2D eigenvalue weighted by molar-refractivity contribution is 5.94. The van der Waals surface area contributed by atoms with Crippen molar-refractivity contribution in [3.63, 3.8) is 0 Å². The second-order valence-electron chi connectivity index (χ2n) is 6.80. The zero-order chi connectivity index (χ0) is 20.1. The van der Waals surface area contributed by atoms with E-state index in [1.165, 1.54) is 0 Å². The first-order valence-electron chi connectivity index (χ1n) is 8.59. The molecule has 2 aromatic rings. The third kappa shape index (κ3) is 5.86. The van der Waals surface area contributed by atoms with Gasteiger partial charge < -0.3 is 15.5 Å². The molecule has 2 amide bonds. The van der Waals surface area contributed by atoms with E-state index in [0.29, 0.717) is 4.90 Å². The smallest absolute Gasteiger partial charge is 0.279 e. The van der Waals surface area contributed by atoms with Gasteiger partial charge in [-0.2, -0.15) is 0 Å². The lowest BCUT2D eigenvalue weighted by molar-refractivity contribution is -0.862. The van der Waals surface area contributed by atoms with Crippen LogP contribution in [-0.4, -0.2) is 32.0 Å². The average molecular weight is 376 g/mol. The molecule has 0 aliphatic rings. The molecule has 2 rings (SSSR count). The Morgan fingerprint density at radius 1 is 0.926 bits per heavy atom. The van der Waals surface area contributed by atoms with Crippen LogP contribution in [0.25, 0.3) is 0 Å². The molecule has 0 aliphatic heterocycles. The number of aryl methyl sites for hydroxylation is 3. The fourth-order valence-corrected chi connectivity index (χ4v) is 2.96. The quantitative estimate of drug-likeness (QED) is 0.722. The predicted octanol–water partition coefficient (Wildman–Crippen LogP) is 1.98. The third-order valence-corrected chi connectivity index (χ3v) is 4.07. The molecule has 27 heavy (non-hydrogen) atoms. The van der Waals surface area contributed by atoms with Crippen LogP contribution < -0.4 is 15.5 Å². The topological polar surface area (TPSA) is 62.6 Å². The number of anilines is 2. The fourth-order valence-electron chi connectivity index (χ4n) is 2.96. The molecule has 0 bridgehead atoms. The van der Waals surface area contributed by atoms with Gasteiger partial charge in [0.2, 0.25) is 0 Å². The molecule has 3 N–H and O–H groups in total. The maximum Gasteiger partial charge on any atom is 0.279 e. The van der Waals surface area contributed by atoms with Gasteiger partial charge in [-0.3, -0.25) is 9.59 Å². The van der Waals surface area contributed by atoms with Gasteiger partial charge in [0.1, 0.15) is 11.6 Å². The summed E-state index contributed by atoms with van der Waals surface area (Å²) in [4.78, 5) is 24.9. The van der Waals surface area contributed by atoms with E-state index in [4.69, 9.17) is 0 Å². The molecule has 0 saturated heterocycles. The normalized spacial score (nSPS) is 11.8. The highest BCUT2D eigenvalue weighted by Crippen LogP contribution is 2.21. The van der Waals surface area contributed by atoms with Crippen molar-refractivity contribution in [2.45, 2.75) is 20.8 Å². The molecule has 0 spiro atoms. The number of amides is 2. The van der Waals surface area contributed by atoms with Crippen LogP contribution in [0.3, 0.4) is 0 Å². The van der Waals surface area contributed by atoms with E-state index in [0.717, 1.165) is 40.6 Å². The number of quaternary nitrogens is 1. The summed E-state index contributed by atoms with van der Waals surface area (Å²) in [5.74, 6) is -2.10. The van der Waals surface area contributed by atoms with Crippen LogP contribution in [0.2, 0.25) is 0 Å². The standard InChI is InChI=1S/C20H23F2N3O2/c1-12-7-13(2)20(14(3)8-12)24-19(27)11-25(4)10-18(26)23-17-9-15(21)5-6-16(17)22/h5-9H,10-11H2,1-4H3,(H,23,26)(H,24,27)/p+1. The molecule has 1 unspecified atom stereocenters. The third-order valence-electron chi connectivity index (χ3n) is 4.07. The van der Waals surface area contributed by atoms with Crippen molar-refractivity contribution in [2.24, 2.45) is 0 Å². The first kappa shape index (κ1) is 20.5. The molecule has 1 atom stereocenters. The number of carbonyl (C=O) groups excluding carboxylic acids is 2. The second-order valence-corrected chi connectivity index (χ2v) is 6.80. The van der Waals surface area contributed by atoms with Crippen LogP contribution >= 0.6 is 0 Å². The van der Waals surface area contributed by atoms with Crippen molar-refractivity contribution in [1.29, 1.82) is 0 Å². The van der Waals surface area contributed by atoms with E-state index in [-0.39, 0.29) is 24.7 Å². The number of carbonyl (C=O) groups is 2. The van der Waals surface area contributed by atoms with E-state index in [9.17, 15) is 18.4 Å². The fraction of sp³-hybridized carbons (Fsp3) is 0.300. The predicted molar refractivity (Wildman–Crippen MR) is 101 cm³/mol. The van der Waals surface area contributed by atoms with E-state index in [1.54, 1.807) is 7.05 Å². The molecule has 2 aromatic carbocycles. The Labute approximate surface area is 157 Å². The van der Waals surface area contributed by atoms with Crippen LogP contribution in [0.1, 0.15) is 16.7 Å². The molecule has 0 heterocycles. The summed E-state index contributed by atoms with van der Waals surface area (Å²) in [5, 5.41) is 5.20. The Morgan fingerprint density at radius 3 is 2.07 bits per heavy atom. The van der Waals surface area contributed by atoms with Crippen LogP contribution in [0.4, 0.5) is 20.2 Å². The SMILES string of the molecule is Cc1cc(C)c(NC(=O)C[NH+](C)CC(=O)Nc2cc(F)ccc2F)c(C)c1. The molecule has 0 saturated carbocycles. The van der Waals surface area contributed by atoms with E-state index < -0.39 is 17.5 Å². The van der Waals surface area contributed by atoms with Gasteiger partial charge in [-0.05, 0) is 44.0 Å². The van der Waals surface area contributed by atoms with Crippen LogP contribution in [0.5, 0.6) is 0 Å². The first-order valence-corrected chi connectivity index (χ1v) is 8.59. The maximum atomic E-state index is 13.6. The number of nitrogens with one attached hydrogen (secondary N) is 3. The van der Waals surface area contributed by atoms with Crippen LogP contribution in [0, 0.1) is 32.4 Å². The number of likely N-dealkylation sites (N-methyl/N-ethyl adjacent to an activating group) is 1. The van der Waals surface area contributed by atoms with E-state index in [2.05, 4.69) is 10.6 Å². The van der Waals surface area contributed by atoms with Crippen molar-refractivity contribution in [2.75, 3.05) is 30.8 Å². The Morgan fingerprint density at radius 2 is 1.48 bits per heavy atom. The molecule has 0 aromatic heterocycles. The van der Waals surface area contributed by atoms with Gasteiger partial charge in [0, 0.05) is 11.8 Å². The summed E-state index contributed by atoms with van der Waals surface area (Å²) in [7, 11) is 1.68. The summed E-state index contributed by atoms with van der Waals surface area (Å²) in [6, 6.07) is 6.81. The number of hydrogen-bond acceptors (Lipinski definition) is 2. The molecule has 0 fully saturated rings. The summed E-state index contributed by atoms with van der Waals surface area (Å²) in [6.45, 7) is 5.84. The second kappa shape index (κ2) is 8.73. The average Bonchev–Trinajstić information content (AvgIpc) is 2.54. The number of halogens is 2. The Balaban J connectivity index is 1.91. The first-order chi connectivity index (χ1) is 12.7. The molecule has 0 aliphatic carbocycles. The van der Waals surface area contributed by atoms with Crippen LogP contribution in [-0.2, 0) is 9.59 Å². The molecule has 0 radical (unpaired) electrons. The largest absolute Gasteiger partial charge is 0.322 e. The van der Waals surface area contributed by atoms with Crippen molar-refractivity contribution in [3.05, 3.63) is 58.7 Å². The highest BCUT2D eigenvalue weighted by Gasteiger charge is 2.17. The summed E-state index contributed by atoms with van der Waals surface area (Å²) >= 11 is 0. The van der Waals surface area contributed by atoms with Gasteiger partial charge in [-0.1, -0.05) is 17.7 Å². The number of hydrogen-bond donors (Lipinski definition) is 3. The summed E-state index contributed by atoms with van der Waals surface area (Å²) in [6.07, 6.45) is 0. The summed E-state index contributed by atoms with van der Waals surface area (Å²) in [5.41, 5.74) is 3.61. The van der Waals surface area contributed by atoms with Gasteiger partial charge in [-0.15, -0.1) is 0 Å². The molecular formula is C20H24F2N3O2+. The molecule has 7 heteroatoms. The lowest BCUT2D eigenvalue weighted by atomic mass is 10.1. The molecule has 5 nitrogen and oxygen atoms in total. The minimum Gasteiger partial charge on any atom is -0.322 e. The van der Waals surface area contributed by atoms with E-state index in [1.807, 2.05) is 32.9 Å². The molecular weight excluding hydrogens is 352 g/mol. The van der Waals surface area contributed by atoms with Crippen molar-refractivity contribution < 1.29 is 23.3 Å². The van der Waals surface area contributed by atoms with Gasteiger partial charge in [0.25, 0.3) is 11.8 Å².